The van der Waals surface area contributed by atoms with E-state index in [1.807, 2.05) is 11.4 Å². The molecule has 2 aromatic rings. The highest BCUT2D eigenvalue weighted by Crippen LogP contribution is 2.16. The lowest BCUT2D eigenvalue weighted by molar-refractivity contribution is -0.138. The van der Waals surface area contributed by atoms with Crippen molar-refractivity contribution in [3.05, 3.63) is 52.2 Å². The number of ether oxygens (including phenoxy) is 1. The molecule has 1 aliphatic rings. The summed E-state index contributed by atoms with van der Waals surface area (Å²) in [5.74, 6) is -0.906. The van der Waals surface area contributed by atoms with Crippen molar-refractivity contribution >= 4 is 34.8 Å². The Hall–Kier alpha value is -2.67. The monoisotopic (exact) mass is 372 g/mol. The molecule has 7 heteroatoms. The molecule has 1 saturated heterocycles. The standard InChI is InChI=1S/C19H20N2O4S/c1-13(18(23)21-10-2-3-11-21)25-19(24)14-6-8-15(9-7-14)20-17(22)16-5-4-12-26-16/h4-9,12-13H,2-3,10-11H2,1H3,(H,20,22)/t13-/m1/s1. The second-order valence-electron chi connectivity index (χ2n) is 6.09. The smallest absolute Gasteiger partial charge is 0.338 e. The van der Waals surface area contributed by atoms with E-state index in [0.29, 0.717) is 16.1 Å². The zero-order valence-corrected chi connectivity index (χ0v) is 15.3. The summed E-state index contributed by atoms with van der Waals surface area (Å²) in [6, 6.07) is 9.96. The van der Waals surface area contributed by atoms with Crippen molar-refractivity contribution in [1.29, 1.82) is 0 Å². The maximum atomic E-state index is 12.2. The number of carbonyl (C=O) groups excluding carboxylic acids is 3. The Morgan fingerprint density at radius 3 is 2.42 bits per heavy atom. The van der Waals surface area contributed by atoms with Crippen LogP contribution in [0.1, 0.15) is 39.8 Å². The third kappa shape index (κ3) is 4.29. The number of esters is 1. The molecule has 2 heterocycles. The number of benzene rings is 1. The quantitative estimate of drug-likeness (QED) is 0.818. The van der Waals surface area contributed by atoms with Crippen LogP contribution in [0.25, 0.3) is 0 Å². The number of anilines is 1. The molecule has 1 aromatic carbocycles. The first kappa shape index (κ1) is 18.1. The van der Waals surface area contributed by atoms with Gasteiger partial charge in [0.2, 0.25) is 0 Å². The van der Waals surface area contributed by atoms with Crippen molar-refractivity contribution in [1.82, 2.24) is 4.90 Å². The Kier molecular flexibility index (Phi) is 5.68. The van der Waals surface area contributed by atoms with E-state index in [1.165, 1.54) is 11.3 Å². The largest absolute Gasteiger partial charge is 0.449 e. The van der Waals surface area contributed by atoms with Crippen LogP contribution in [0.3, 0.4) is 0 Å². The third-order valence-corrected chi connectivity index (χ3v) is 5.04. The summed E-state index contributed by atoms with van der Waals surface area (Å²) in [7, 11) is 0. The minimum absolute atomic E-state index is 0.157. The fraction of sp³-hybridized carbons (Fsp3) is 0.316. The van der Waals surface area contributed by atoms with Crippen LogP contribution in [0.5, 0.6) is 0 Å². The Bertz CT molecular complexity index is 780. The molecule has 1 aromatic heterocycles. The fourth-order valence-electron chi connectivity index (χ4n) is 2.76. The molecule has 0 spiro atoms. The summed E-state index contributed by atoms with van der Waals surface area (Å²) >= 11 is 1.36. The van der Waals surface area contributed by atoms with Crippen molar-refractivity contribution < 1.29 is 19.1 Å². The van der Waals surface area contributed by atoms with Gasteiger partial charge < -0.3 is 15.0 Å². The second-order valence-corrected chi connectivity index (χ2v) is 7.04. The van der Waals surface area contributed by atoms with Gasteiger partial charge in [-0.25, -0.2) is 4.79 Å². The first-order chi connectivity index (χ1) is 12.5. The van der Waals surface area contributed by atoms with Crippen molar-refractivity contribution in [2.45, 2.75) is 25.9 Å². The highest BCUT2D eigenvalue weighted by Gasteiger charge is 2.26. The number of nitrogens with zero attached hydrogens (tertiary/aromatic N) is 1. The van der Waals surface area contributed by atoms with Crippen LogP contribution in [-0.2, 0) is 9.53 Å². The second kappa shape index (κ2) is 8.14. The molecular weight excluding hydrogens is 352 g/mol. The van der Waals surface area contributed by atoms with Gasteiger partial charge in [-0.3, -0.25) is 9.59 Å². The number of carbonyl (C=O) groups is 3. The number of rotatable bonds is 5. The number of thiophene rings is 1. The molecule has 1 aliphatic heterocycles. The molecule has 0 saturated carbocycles. The van der Waals surface area contributed by atoms with Crippen LogP contribution in [0.15, 0.2) is 41.8 Å². The average molecular weight is 372 g/mol. The lowest BCUT2D eigenvalue weighted by Gasteiger charge is -2.20. The normalized spacial score (nSPS) is 14.7. The van der Waals surface area contributed by atoms with Gasteiger partial charge in [-0.2, -0.15) is 0 Å². The summed E-state index contributed by atoms with van der Waals surface area (Å²) in [6.07, 6.45) is 1.18. The van der Waals surface area contributed by atoms with Gasteiger partial charge in [0.15, 0.2) is 6.10 Å². The first-order valence-electron chi connectivity index (χ1n) is 8.49. The van der Waals surface area contributed by atoms with Gasteiger partial charge in [-0.15, -0.1) is 11.3 Å². The lowest BCUT2D eigenvalue weighted by atomic mass is 10.2. The number of likely N-dealkylation sites (tertiary alicyclic amines) is 1. The van der Waals surface area contributed by atoms with Crippen LogP contribution < -0.4 is 5.32 Å². The van der Waals surface area contributed by atoms with Crippen molar-refractivity contribution in [3.8, 4) is 0 Å². The summed E-state index contributed by atoms with van der Waals surface area (Å²) in [5.41, 5.74) is 0.918. The molecule has 26 heavy (non-hydrogen) atoms. The summed E-state index contributed by atoms with van der Waals surface area (Å²) in [6.45, 7) is 3.03. The van der Waals surface area contributed by atoms with E-state index < -0.39 is 12.1 Å². The van der Waals surface area contributed by atoms with Crippen LogP contribution in [0, 0.1) is 0 Å². The van der Waals surface area contributed by atoms with Gasteiger partial charge >= 0.3 is 5.97 Å². The van der Waals surface area contributed by atoms with Crippen LogP contribution in [0.4, 0.5) is 5.69 Å². The summed E-state index contributed by atoms with van der Waals surface area (Å²) in [4.78, 5) is 38.8. The fourth-order valence-corrected chi connectivity index (χ4v) is 3.38. The SMILES string of the molecule is C[C@@H](OC(=O)c1ccc(NC(=O)c2cccs2)cc1)C(=O)N1CCCC1. The Morgan fingerprint density at radius 2 is 1.81 bits per heavy atom. The van der Waals surface area contributed by atoms with E-state index in [2.05, 4.69) is 5.32 Å². The minimum Gasteiger partial charge on any atom is -0.449 e. The van der Waals surface area contributed by atoms with Gasteiger partial charge in [-0.1, -0.05) is 6.07 Å². The van der Waals surface area contributed by atoms with Crippen LogP contribution in [-0.4, -0.2) is 41.9 Å². The molecule has 1 fully saturated rings. The number of nitrogens with one attached hydrogen (secondary N) is 1. The Labute approximate surface area is 155 Å². The molecule has 136 valence electrons. The van der Waals surface area contributed by atoms with Crippen molar-refractivity contribution in [2.75, 3.05) is 18.4 Å². The molecule has 0 aliphatic carbocycles. The number of hydrogen-bond donors (Lipinski definition) is 1. The van der Waals surface area contributed by atoms with E-state index in [9.17, 15) is 14.4 Å². The molecule has 1 N–H and O–H groups in total. The molecule has 0 unspecified atom stereocenters. The number of hydrogen-bond acceptors (Lipinski definition) is 5. The predicted octanol–water partition coefficient (Wildman–Crippen LogP) is 3.17. The molecule has 6 nitrogen and oxygen atoms in total. The topological polar surface area (TPSA) is 75.7 Å². The molecule has 1 atom stereocenters. The average Bonchev–Trinajstić information content (AvgIpc) is 3.35. The zero-order chi connectivity index (χ0) is 18.5. The van der Waals surface area contributed by atoms with Gasteiger partial charge in [-0.05, 0) is 55.5 Å². The first-order valence-corrected chi connectivity index (χ1v) is 9.37. The van der Waals surface area contributed by atoms with Crippen molar-refractivity contribution in [2.24, 2.45) is 0 Å². The van der Waals surface area contributed by atoms with E-state index in [0.717, 1.165) is 25.9 Å². The highest BCUT2D eigenvalue weighted by molar-refractivity contribution is 7.12. The molecule has 3 rings (SSSR count). The van der Waals surface area contributed by atoms with E-state index >= 15 is 0 Å². The summed E-state index contributed by atoms with van der Waals surface area (Å²) in [5, 5.41) is 4.60. The maximum Gasteiger partial charge on any atom is 0.338 e. The van der Waals surface area contributed by atoms with Gasteiger partial charge in [0.25, 0.3) is 11.8 Å². The molecule has 2 amide bonds. The molecular formula is C19H20N2O4S. The van der Waals surface area contributed by atoms with E-state index in [4.69, 9.17) is 4.74 Å². The van der Waals surface area contributed by atoms with E-state index in [1.54, 1.807) is 42.2 Å². The maximum absolute atomic E-state index is 12.2. The van der Waals surface area contributed by atoms with Gasteiger partial charge in [0, 0.05) is 18.8 Å². The van der Waals surface area contributed by atoms with E-state index in [-0.39, 0.29) is 11.8 Å². The Balaban J connectivity index is 1.56. The third-order valence-electron chi connectivity index (χ3n) is 4.17. The molecule has 0 radical (unpaired) electrons. The zero-order valence-electron chi connectivity index (χ0n) is 14.4. The van der Waals surface area contributed by atoms with Gasteiger partial charge in [0.05, 0.1) is 10.4 Å². The predicted molar refractivity (Wildman–Crippen MR) is 99.4 cm³/mol. The Morgan fingerprint density at radius 1 is 1.12 bits per heavy atom. The van der Waals surface area contributed by atoms with Crippen LogP contribution in [0.2, 0.25) is 0 Å². The molecule has 0 bridgehead atoms. The number of amides is 2. The minimum atomic E-state index is -0.807. The van der Waals surface area contributed by atoms with Crippen molar-refractivity contribution in [3.63, 3.8) is 0 Å². The lowest BCUT2D eigenvalue weighted by Crippen LogP contribution is -2.38. The van der Waals surface area contributed by atoms with Gasteiger partial charge in [0.1, 0.15) is 0 Å². The van der Waals surface area contributed by atoms with Crippen LogP contribution >= 0.6 is 11.3 Å². The summed E-state index contributed by atoms with van der Waals surface area (Å²) < 4.78 is 5.27. The highest BCUT2D eigenvalue weighted by atomic mass is 32.1.